The number of nitrogen functional groups attached to an aromatic ring is 1. The van der Waals surface area contributed by atoms with Crippen LogP contribution in [0.2, 0.25) is 0 Å². The molecular weight excluding hydrogens is 378 g/mol. The first-order valence-electron chi connectivity index (χ1n) is 8.88. The van der Waals surface area contributed by atoms with E-state index in [0.717, 1.165) is 16.2 Å². The third-order valence-electron chi connectivity index (χ3n) is 4.71. The highest BCUT2D eigenvalue weighted by atomic mass is 32.1. The molecule has 2 aromatic heterocycles. The number of nitrogens with two attached hydrogens (primary N) is 1. The van der Waals surface area contributed by atoms with Crippen LogP contribution in [0.15, 0.2) is 29.8 Å². The summed E-state index contributed by atoms with van der Waals surface area (Å²) in [6.45, 7) is 3.85. The maximum Gasteiger partial charge on any atom is 0.322 e. The molecule has 146 valence electrons. The molecule has 3 N–H and O–H groups in total. The Hall–Kier alpha value is -3.14. The van der Waals surface area contributed by atoms with Gasteiger partial charge in [-0.1, -0.05) is 6.07 Å². The van der Waals surface area contributed by atoms with Crippen LogP contribution in [0.1, 0.15) is 6.92 Å². The van der Waals surface area contributed by atoms with Gasteiger partial charge in [0.25, 0.3) is 0 Å². The van der Waals surface area contributed by atoms with E-state index < -0.39 is 0 Å². The first-order valence-corrected chi connectivity index (χ1v) is 9.76. The lowest BCUT2D eigenvalue weighted by atomic mass is 10.2. The van der Waals surface area contributed by atoms with Gasteiger partial charge in [-0.3, -0.25) is 0 Å². The summed E-state index contributed by atoms with van der Waals surface area (Å²) >= 11 is 1.44. The Labute approximate surface area is 166 Å². The van der Waals surface area contributed by atoms with Gasteiger partial charge in [0.2, 0.25) is 5.95 Å². The van der Waals surface area contributed by atoms with Crippen molar-refractivity contribution in [1.82, 2.24) is 19.9 Å². The van der Waals surface area contributed by atoms with Gasteiger partial charge in [-0.25, -0.2) is 14.8 Å². The van der Waals surface area contributed by atoms with Crippen molar-refractivity contribution in [1.29, 1.82) is 0 Å². The lowest BCUT2D eigenvalue weighted by Crippen LogP contribution is -2.55. The van der Waals surface area contributed by atoms with Crippen LogP contribution in [0.25, 0.3) is 10.3 Å². The number of ether oxygens (including phenoxy) is 1. The zero-order chi connectivity index (χ0) is 19.7. The third-order valence-corrected chi connectivity index (χ3v) is 5.42. The molecule has 1 aliphatic rings. The molecule has 28 heavy (non-hydrogen) atoms. The predicted molar refractivity (Wildman–Crippen MR) is 110 cm³/mol. The molecule has 0 radical (unpaired) electrons. The zero-order valence-electron chi connectivity index (χ0n) is 15.6. The molecule has 4 rings (SSSR count). The summed E-state index contributed by atoms with van der Waals surface area (Å²) in [6.07, 6.45) is 0. The molecule has 1 aromatic carbocycles. The molecule has 1 saturated heterocycles. The van der Waals surface area contributed by atoms with Gasteiger partial charge in [0, 0.05) is 37.4 Å². The number of carbonyl (C=O) groups is 1. The van der Waals surface area contributed by atoms with Crippen molar-refractivity contribution >= 4 is 45.2 Å². The Balaban J connectivity index is 1.47. The molecule has 1 atom stereocenters. The van der Waals surface area contributed by atoms with Gasteiger partial charge < -0.3 is 25.6 Å². The van der Waals surface area contributed by atoms with Gasteiger partial charge in [0.15, 0.2) is 10.6 Å². The number of anilines is 3. The summed E-state index contributed by atoms with van der Waals surface area (Å²) in [6, 6.07) is 7.16. The molecule has 0 aliphatic carbocycles. The van der Waals surface area contributed by atoms with Crippen molar-refractivity contribution in [2.75, 3.05) is 42.7 Å². The number of hydrogen-bond acceptors (Lipinski definition) is 8. The van der Waals surface area contributed by atoms with Crippen LogP contribution >= 0.6 is 11.3 Å². The van der Waals surface area contributed by atoms with Gasteiger partial charge in [-0.05, 0) is 19.1 Å². The summed E-state index contributed by atoms with van der Waals surface area (Å²) < 4.78 is 5.21. The van der Waals surface area contributed by atoms with E-state index in [1.165, 1.54) is 11.3 Å². The topological polar surface area (TPSA) is 110 Å². The number of thiazole rings is 1. The standard InChI is InChI=1S/C18H21N7O2S/c1-11-9-24(15-14-16(28-10-20-14)23-17(19)22-15)6-7-25(11)18(26)21-12-4-3-5-13(8-12)27-2/h3-5,8,10-11H,6-7,9H2,1-2H3,(H,21,26)(H2,19,22,23). The number of nitrogens with one attached hydrogen (secondary N) is 1. The Morgan fingerprint density at radius 3 is 3.00 bits per heavy atom. The van der Waals surface area contributed by atoms with Crippen molar-refractivity contribution in [3.8, 4) is 5.75 Å². The van der Waals surface area contributed by atoms with E-state index in [0.29, 0.717) is 31.1 Å². The number of carbonyl (C=O) groups excluding carboxylic acids is 1. The number of rotatable bonds is 3. The fourth-order valence-electron chi connectivity index (χ4n) is 3.33. The zero-order valence-corrected chi connectivity index (χ0v) is 16.4. The van der Waals surface area contributed by atoms with Crippen LogP contribution in [0, 0.1) is 0 Å². The summed E-state index contributed by atoms with van der Waals surface area (Å²) in [5.41, 5.74) is 9.05. The van der Waals surface area contributed by atoms with E-state index in [2.05, 4.69) is 25.2 Å². The minimum absolute atomic E-state index is 0.00997. The number of methoxy groups -OCH3 is 1. The van der Waals surface area contributed by atoms with Crippen LogP contribution in [0.3, 0.4) is 0 Å². The molecule has 3 heterocycles. The van der Waals surface area contributed by atoms with E-state index in [1.807, 2.05) is 30.0 Å². The first-order chi connectivity index (χ1) is 13.5. The molecule has 0 spiro atoms. The van der Waals surface area contributed by atoms with Gasteiger partial charge >= 0.3 is 6.03 Å². The van der Waals surface area contributed by atoms with Crippen LogP contribution in [-0.4, -0.2) is 58.7 Å². The molecule has 3 aromatic rings. The summed E-state index contributed by atoms with van der Waals surface area (Å²) in [7, 11) is 1.60. The lowest BCUT2D eigenvalue weighted by molar-refractivity contribution is 0.184. The van der Waals surface area contributed by atoms with Gasteiger partial charge in [-0.15, -0.1) is 11.3 Å². The van der Waals surface area contributed by atoms with Gasteiger partial charge in [-0.2, -0.15) is 4.98 Å². The number of piperazine rings is 1. The van der Waals surface area contributed by atoms with Crippen LogP contribution in [-0.2, 0) is 0 Å². The highest BCUT2D eigenvalue weighted by Gasteiger charge is 2.29. The SMILES string of the molecule is COc1cccc(NC(=O)N2CCN(c3nc(N)nc4scnc34)CC2C)c1. The second-order valence-corrected chi connectivity index (χ2v) is 7.40. The highest BCUT2D eigenvalue weighted by Crippen LogP contribution is 2.28. The molecule has 1 aliphatic heterocycles. The molecule has 1 unspecified atom stereocenters. The smallest absolute Gasteiger partial charge is 0.322 e. The summed E-state index contributed by atoms with van der Waals surface area (Å²) in [5.74, 6) is 1.66. The van der Waals surface area contributed by atoms with E-state index in [9.17, 15) is 4.79 Å². The maximum atomic E-state index is 12.7. The number of amides is 2. The Kier molecular flexibility index (Phi) is 4.86. The fourth-order valence-corrected chi connectivity index (χ4v) is 3.99. The van der Waals surface area contributed by atoms with E-state index in [-0.39, 0.29) is 18.0 Å². The Bertz CT molecular complexity index is 1010. The maximum absolute atomic E-state index is 12.7. The minimum atomic E-state index is -0.138. The number of fused-ring (bicyclic) bond motifs is 1. The molecular formula is C18H21N7O2S. The molecule has 10 heteroatoms. The summed E-state index contributed by atoms with van der Waals surface area (Å²) in [5, 5.41) is 2.94. The van der Waals surface area contributed by atoms with E-state index in [4.69, 9.17) is 10.5 Å². The highest BCUT2D eigenvalue weighted by molar-refractivity contribution is 7.16. The molecule has 0 saturated carbocycles. The van der Waals surface area contributed by atoms with E-state index in [1.54, 1.807) is 18.7 Å². The number of aromatic nitrogens is 3. The van der Waals surface area contributed by atoms with Crippen molar-refractivity contribution in [2.45, 2.75) is 13.0 Å². The van der Waals surface area contributed by atoms with Crippen molar-refractivity contribution in [3.05, 3.63) is 29.8 Å². The Morgan fingerprint density at radius 2 is 2.21 bits per heavy atom. The van der Waals surface area contributed by atoms with Crippen molar-refractivity contribution < 1.29 is 9.53 Å². The molecule has 1 fully saturated rings. The Morgan fingerprint density at radius 1 is 1.36 bits per heavy atom. The number of nitrogens with zero attached hydrogens (tertiary/aromatic N) is 5. The molecule has 9 nitrogen and oxygen atoms in total. The third kappa shape index (κ3) is 3.50. The fraction of sp³-hybridized carbons (Fsp3) is 0.333. The first kappa shape index (κ1) is 18.2. The van der Waals surface area contributed by atoms with E-state index >= 15 is 0 Å². The van der Waals surface area contributed by atoms with Crippen molar-refractivity contribution in [3.63, 3.8) is 0 Å². The second kappa shape index (κ2) is 7.47. The van der Waals surface area contributed by atoms with Gasteiger partial charge in [0.05, 0.1) is 12.6 Å². The quantitative estimate of drug-likeness (QED) is 0.696. The molecule has 0 bridgehead atoms. The predicted octanol–water partition coefficient (Wildman–Crippen LogP) is 2.42. The monoisotopic (exact) mass is 399 g/mol. The second-order valence-electron chi connectivity index (χ2n) is 6.56. The molecule has 2 amide bonds. The number of urea groups is 1. The number of benzene rings is 1. The average Bonchev–Trinajstić information content (AvgIpc) is 3.15. The van der Waals surface area contributed by atoms with Crippen LogP contribution in [0.4, 0.5) is 22.2 Å². The minimum Gasteiger partial charge on any atom is -0.497 e. The normalized spacial score (nSPS) is 17.0. The van der Waals surface area contributed by atoms with Crippen LogP contribution < -0.4 is 20.7 Å². The largest absolute Gasteiger partial charge is 0.497 e. The number of hydrogen-bond donors (Lipinski definition) is 2. The lowest BCUT2D eigenvalue weighted by Gasteiger charge is -2.40. The van der Waals surface area contributed by atoms with Crippen LogP contribution in [0.5, 0.6) is 5.75 Å². The average molecular weight is 399 g/mol. The summed E-state index contributed by atoms with van der Waals surface area (Å²) in [4.78, 5) is 30.4. The van der Waals surface area contributed by atoms with Gasteiger partial charge in [0.1, 0.15) is 11.3 Å². The van der Waals surface area contributed by atoms with Crippen molar-refractivity contribution in [2.24, 2.45) is 0 Å².